The molecular formula is C24H47N5O2+2. The molecule has 4 heterocycles. The van der Waals surface area contributed by atoms with E-state index in [1.807, 2.05) is 0 Å². The van der Waals surface area contributed by atoms with E-state index in [9.17, 15) is 4.79 Å². The van der Waals surface area contributed by atoms with Crippen LogP contribution in [0.5, 0.6) is 0 Å². The first kappa shape index (κ1) is 23.4. The van der Waals surface area contributed by atoms with Crippen LogP contribution in [0.3, 0.4) is 0 Å². The molecule has 4 aliphatic heterocycles. The minimum absolute atomic E-state index is 0.174. The molecule has 0 aromatic carbocycles. The zero-order chi connectivity index (χ0) is 21.8. The third-order valence-electron chi connectivity index (χ3n) is 8.27. The summed E-state index contributed by atoms with van der Waals surface area (Å²) in [4.78, 5) is 23.8. The van der Waals surface area contributed by atoms with Crippen LogP contribution in [0.2, 0.25) is 0 Å². The number of amides is 1. The van der Waals surface area contributed by atoms with E-state index in [0.29, 0.717) is 30.0 Å². The number of piperazine rings is 1. The highest BCUT2D eigenvalue weighted by atomic mass is 16.7. The Morgan fingerprint density at radius 3 is 2.55 bits per heavy atom. The van der Waals surface area contributed by atoms with Gasteiger partial charge in [0.1, 0.15) is 6.17 Å². The summed E-state index contributed by atoms with van der Waals surface area (Å²) in [6.07, 6.45) is 9.08. The molecule has 4 aliphatic rings. The highest BCUT2D eigenvalue weighted by Gasteiger charge is 2.39. The number of carbonyl (C=O) groups is 1. The first-order chi connectivity index (χ1) is 14.9. The molecule has 31 heavy (non-hydrogen) atoms. The number of piperidine rings is 2. The quantitative estimate of drug-likeness (QED) is 0.561. The number of nitrogens with zero attached hydrogens (tertiary/aromatic N) is 2. The van der Waals surface area contributed by atoms with E-state index < -0.39 is 0 Å². The van der Waals surface area contributed by atoms with Crippen molar-refractivity contribution in [1.29, 1.82) is 0 Å². The SMILES string of the molecule is CC(C)(C)C1CC(CC2C[NH2+]CCC2CC(=O)N2CCN(C3CCCC[NH2+]3)CC2)NO1. The fraction of sp³-hybridized carbons (Fsp3) is 0.958. The molecule has 0 aliphatic carbocycles. The van der Waals surface area contributed by atoms with E-state index in [-0.39, 0.29) is 11.5 Å². The van der Waals surface area contributed by atoms with Gasteiger partial charge in [-0.25, -0.2) is 0 Å². The lowest BCUT2D eigenvalue weighted by molar-refractivity contribution is -0.717. The molecule has 0 aromatic heterocycles. The van der Waals surface area contributed by atoms with E-state index in [0.717, 1.165) is 52.0 Å². The van der Waals surface area contributed by atoms with Crippen molar-refractivity contribution in [3.63, 3.8) is 0 Å². The van der Waals surface area contributed by atoms with Gasteiger partial charge in [-0.3, -0.25) is 14.5 Å². The molecule has 0 radical (unpaired) electrons. The second-order valence-corrected chi connectivity index (χ2v) is 11.6. The van der Waals surface area contributed by atoms with Gasteiger partial charge < -0.3 is 15.5 Å². The summed E-state index contributed by atoms with van der Waals surface area (Å²) in [5, 5.41) is 4.96. The van der Waals surface area contributed by atoms with E-state index >= 15 is 0 Å². The van der Waals surface area contributed by atoms with Crippen LogP contribution in [0.1, 0.15) is 65.7 Å². The monoisotopic (exact) mass is 437 g/mol. The molecule has 0 spiro atoms. The zero-order valence-electron chi connectivity index (χ0n) is 20.2. The van der Waals surface area contributed by atoms with E-state index in [4.69, 9.17) is 4.84 Å². The molecule has 4 fully saturated rings. The van der Waals surface area contributed by atoms with Gasteiger partial charge in [0, 0.05) is 57.4 Å². The lowest BCUT2D eigenvalue weighted by Crippen LogP contribution is -2.95. The number of quaternary nitrogens is 2. The van der Waals surface area contributed by atoms with Crippen molar-refractivity contribution in [2.75, 3.05) is 45.8 Å². The van der Waals surface area contributed by atoms with Crippen LogP contribution in [0.4, 0.5) is 0 Å². The van der Waals surface area contributed by atoms with Crippen molar-refractivity contribution >= 4 is 5.91 Å². The second-order valence-electron chi connectivity index (χ2n) is 11.6. The molecule has 7 nitrogen and oxygen atoms in total. The van der Waals surface area contributed by atoms with Gasteiger partial charge in [-0.05, 0) is 37.0 Å². The lowest BCUT2D eigenvalue weighted by Gasteiger charge is -2.40. The van der Waals surface area contributed by atoms with Crippen LogP contribution in [0.25, 0.3) is 0 Å². The van der Waals surface area contributed by atoms with Gasteiger partial charge in [0.25, 0.3) is 0 Å². The van der Waals surface area contributed by atoms with Crippen LogP contribution >= 0.6 is 0 Å². The van der Waals surface area contributed by atoms with Crippen molar-refractivity contribution in [2.45, 2.75) is 84.0 Å². The third-order valence-corrected chi connectivity index (χ3v) is 8.27. The van der Waals surface area contributed by atoms with Gasteiger partial charge in [0.15, 0.2) is 0 Å². The number of rotatable bonds is 5. The first-order valence-corrected chi connectivity index (χ1v) is 13.0. The molecule has 1 amide bonds. The lowest BCUT2D eigenvalue weighted by atomic mass is 9.78. The third kappa shape index (κ3) is 6.20. The Kier molecular flexibility index (Phi) is 7.91. The summed E-state index contributed by atoms with van der Waals surface area (Å²) < 4.78 is 0. The average Bonchev–Trinajstić information content (AvgIpc) is 3.25. The van der Waals surface area contributed by atoms with Crippen molar-refractivity contribution in [3.8, 4) is 0 Å². The van der Waals surface area contributed by atoms with Gasteiger partial charge in [-0.15, -0.1) is 0 Å². The van der Waals surface area contributed by atoms with E-state index in [1.54, 1.807) is 0 Å². The molecule has 5 unspecified atom stereocenters. The molecule has 0 bridgehead atoms. The molecular weight excluding hydrogens is 390 g/mol. The molecule has 5 atom stereocenters. The maximum atomic E-state index is 13.2. The van der Waals surface area contributed by atoms with E-state index in [1.165, 1.54) is 38.8 Å². The van der Waals surface area contributed by atoms with Crippen molar-refractivity contribution in [3.05, 3.63) is 0 Å². The number of nitrogens with two attached hydrogens (primary N) is 2. The van der Waals surface area contributed by atoms with E-state index in [2.05, 4.69) is 46.7 Å². The fourth-order valence-electron chi connectivity index (χ4n) is 6.14. The Morgan fingerprint density at radius 1 is 1.06 bits per heavy atom. The molecule has 4 saturated heterocycles. The molecule has 5 N–H and O–H groups in total. The minimum Gasteiger partial charge on any atom is -0.346 e. The number of carbonyl (C=O) groups excluding carboxylic acids is 1. The van der Waals surface area contributed by atoms with Crippen LogP contribution in [-0.4, -0.2) is 79.8 Å². The minimum atomic E-state index is 0.174. The zero-order valence-corrected chi connectivity index (χ0v) is 20.2. The normalized spacial score (nSPS) is 36.0. The Hall–Kier alpha value is -0.730. The standard InChI is InChI=1S/C24H45N5O2/c1-24(2,3)21-16-20(27-31-21)14-19-17-25-9-7-18(19)15-23(30)29-12-10-28(11-13-29)22-6-4-5-8-26-22/h18-22,25-27H,4-17H2,1-3H3/p+2. The molecule has 0 aromatic rings. The largest absolute Gasteiger partial charge is 0.346 e. The molecule has 0 saturated carbocycles. The van der Waals surface area contributed by atoms with Gasteiger partial charge in [-0.2, -0.15) is 5.48 Å². The highest BCUT2D eigenvalue weighted by Crippen LogP contribution is 2.33. The van der Waals surface area contributed by atoms with Gasteiger partial charge >= 0.3 is 0 Å². The fourth-order valence-corrected chi connectivity index (χ4v) is 6.14. The summed E-state index contributed by atoms with van der Waals surface area (Å²) in [6.45, 7) is 14.3. The summed E-state index contributed by atoms with van der Waals surface area (Å²) in [5.41, 5.74) is 3.49. The first-order valence-electron chi connectivity index (χ1n) is 13.0. The van der Waals surface area contributed by atoms with Crippen molar-refractivity contribution in [1.82, 2.24) is 15.3 Å². The summed E-state index contributed by atoms with van der Waals surface area (Å²) in [7, 11) is 0. The Bertz CT molecular complexity index is 581. The molecule has 4 rings (SSSR count). The number of hydrogen-bond donors (Lipinski definition) is 3. The van der Waals surface area contributed by atoms with Crippen LogP contribution < -0.4 is 16.1 Å². The van der Waals surface area contributed by atoms with Crippen molar-refractivity contribution in [2.24, 2.45) is 17.3 Å². The average molecular weight is 438 g/mol. The Morgan fingerprint density at radius 2 is 1.87 bits per heavy atom. The molecule has 178 valence electrons. The Labute approximate surface area is 189 Å². The van der Waals surface area contributed by atoms with Gasteiger partial charge in [-0.1, -0.05) is 20.8 Å². The topological polar surface area (TPSA) is 78.0 Å². The summed E-state index contributed by atoms with van der Waals surface area (Å²) in [5.74, 6) is 1.53. The van der Waals surface area contributed by atoms with Crippen LogP contribution in [0.15, 0.2) is 0 Å². The Balaban J connectivity index is 1.24. The number of nitrogens with one attached hydrogen (secondary N) is 1. The van der Waals surface area contributed by atoms with Gasteiger partial charge in [0.2, 0.25) is 5.91 Å². The highest BCUT2D eigenvalue weighted by molar-refractivity contribution is 5.76. The van der Waals surface area contributed by atoms with Crippen LogP contribution in [0, 0.1) is 17.3 Å². The van der Waals surface area contributed by atoms with Gasteiger partial charge in [0.05, 0.1) is 25.7 Å². The predicted octanol–water partition coefficient (Wildman–Crippen LogP) is -0.108. The molecule has 7 heteroatoms. The second kappa shape index (κ2) is 10.5. The van der Waals surface area contributed by atoms with Crippen LogP contribution in [-0.2, 0) is 9.63 Å². The smallest absolute Gasteiger partial charge is 0.222 e. The predicted molar refractivity (Wildman–Crippen MR) is 121 cm³/mol. The summed E-state index contributed by atoms with van der Waals surface area (Å²) >= 11 is 0. The number of hydroxylamine groups is 1. The maximum Gasteiger partial charge on any atom is 0.222 e. The summed E-state index contributed by atoms with van der Waals surface area (Å²) in [6, 6.07) is 0.425. The number of hydrogen-bond acceptors (Lipinski definition) is 4. The van der Waals surface area contributed by atoms with Crippen molar-refractivity contribution < 1.29 is 20.3 Å². The maximum absolute atomic E-state index is 13.2.